The second-order valence-electron chi connectivity index (χ2n) is 2.43. The third kappa shape index (κ3) is 4.27. The van der Waals surface area contributed by atoms with E-state index < -0.39 is 24.7 Å². The largest absolute Gasteiger partial charge is 0.465 e. The molecule has 0 radical (unpaired) electrons. The summed E-state index contributed by atoms with van der Waals surface area (Å²) >= 11 is 0. The molecule has 0 amide bonds. The van der Waals surface area contributed by atoms with E-state index >= 15 is 0 Å². The van der Waals surface area contributed by atoms with Gasteiger partial charge >= 0.3 is 5.97 Å². The van der Waals surface area contributed by atoms with Crippen molar-refractivity contribution in [3.05, 3.63) is 0 Å². The lowest BCUT2D eigenvalue weighted by molar-refractivity contribution is -0.145. The number of rotatable bonds is 5. The molecule has 2 unspecified atom stereocenters. The molecule has 0 aliphatic rings. The molecule has 2 atom stereocenters. The lowest BCUT2D eigenvalue weighted by Crippen LogP contribution is -2.36. The maximum Gasteiger partial charge on any atom is 0.322 e. The molecule has 12 heavy (non-hydrogen) atoms. The van der Waals surface area contributed by atoms with Crippen LogP contribution < -0.4 is 5.73 Å². The van der Waals surface area contributed by atoms with E-state index in [4.69, 9.17) is 15.9 Å². The SMILES string of the molecule is CCOC(=O)C(N)CC(O)CO. The van der Waals surface area contributed by atoms with Gasteiger partial charge in [-0.15, -0.1) is 0 Å². The van der Waals surface area contributed by atoms with E-state index in [9.17, 15) is 4.79 Å². The molecule has 0 saturated carbocycles. The van der Waals surface area contributed by atoms with Crippen molar-refractivity contribution in [3.8, 4) is 0 Å². The van der Waals surface area contributed by atoms with Crippen molar-refractivity contribution in [2.45, 2.75) is 25.5 Å². The fourth-order valence-electron chi connectivity index (χ4n) is 0.713. The molecule has 0 heterocycles. The van der Waals surface area contributed by atoms with Crippen LogP contribution in [-0.2, 0) is 9.53 Å². The van der Waals surface area contributed by atoms with Gasteiger partial charge in [0.05, 0.1) is 19.3 Å². The third-order valence-corrected chi connectivity index (χ3v) is 1.33. The zero-order valence-electron chi connectivity index (χ0n) is 7.06. The first-order valence-corrected chi connectivity index (χ1v) is 3.83. The van der Waals surface area contributed by atoms with Crippen LogP contribution in [0.15, 0.2) is 0 Å². The van der Waals surface area contributed by atoms with Gasteiger partial charge in [-0.25, -0.2) is 0 Å². The Morgan fingerprint density at radius 2 is 2.25 bits per heavy atom. The van der Waals surface area contributed by atoms with E-state index in [2.05, 4.69) is 4.74 Å². The third-order valence-electron chi connectivity index (χ3n) is 1.33. The first kappa shape index (κ1) is 11.4. The van der Waals surface area contributed by atoms with Crippen molar-refractivity contribution in [3.63, 3.8) is 0 Å². The van der Waals surface area contributed by atoms with Gasteiger partial charge < -0.3 is 20.7 Å². The summed E-state index contributed by atoms with van der Waals surface area (Å²) in [6.07, 6.45) is -0.931. The summed E-state index contributed by atoms with van der Waals surface area (Å²) in [4.78, 5) is 10.9. The van der Waals surface area contributed by atoms with Gasteiger partial charge in [-0.1, -0.05) is 0 Å². The Morgan fingerprint density at radius 3 is 2.67 bits per heavy atom. The Balaban J connectivity index is 3.70. The maximum atomic E-state index is 10.9. The Kier molecular flexibility index (Phi) is 5.61. The molecule has 0 fully saturated rings. The highest BCUT2D eigenvalue weighted by Gasteiger charge is 2.17. The van der Waals surface area contributed by atoms with Crippen molar-refractivity contribution in [1.29, 1.82) is 0 Å². The number of carbonyl (C=O) groups excluding carboxylic acids is 1. The van der Waals surface area contributed by atoms with E-state index in [0.717, 1.165) is 0 Å². The first-order valence-electron chi connectivity index (χ1n) is 3.83. The molecule has 4 N–H and O–H groups in total. The lowest BCUT2D eigenvalue weighted by Gasteiger charge is -2.12. The smallest absolute Gasteiger partial charge is 0.322 e. The van der Waals surface area contributed by atoms with E-state index in [-0.39, 0.29) is 13.0 Å². The predicted molar refractivity (Wildman–Crippen MR) is 42.3 cm³/mol. The van der Waals surface area contributed by atoms with Crippen LogP contribution in [0.2, 0.25) is 0 Å². The molecule has 5 heteroatoms. The van der Waals surface area contributed by atoms with Crippen LogP contribution >= 0.6 is 0 Å². The summed E-state index contributed by atoms with van der Waals surface area (Å²) in [6, 6.07) is -0.855. The molecular formula is C7H15NO4. The van der Waals surface area contributed by atoms with E-state index in [1.165, 1.54) is 0 Å². The highest BCUT2D eigenvalue weighted by Crippen LogP contribution is 1.97. The Labute approximate surface area is 71.1 Å². The van der Waals surface area contributed by atoms with Gasteiger partial charge in [0.25, 0.3) is 0 Å². The molecule has 0 saturated heterocycles. The van der Waals surface area contributed by atoms with Gasteiger partial charge in [-0.2, -0.15) is 0 Å². The topological polar surface area (TPSA) is 92.8 Å². The minimum Gasteiger partial charge on any atom is -0.465 e. The summed E-state index contributed by atoms with van der Waals surface area (Å²) in [6.45, 7) is 1.54. The number of aliphatic hydroxyl groups is 2. The van der Waals surface area contributed by atoms with Crippen LogP contribution in [0.1, 0.15) is 13.3 Å². The molecular weight excluding hydrogens is 162 g/mol. The van der Waals surface area contributed by atoms with Crippen LogP contribution in [0.4, 0.5) is 0 Å². The Morgan fingerprint density at radius 1 is 1.67 bits per heavy atom. The average molecular weight is 177 g/mol. The summed E-state index contributed by atoms with van der Waals surface area (Å²) in [7, 11) is 0. The van der Waals surface area contributed by atoms with E-state index in [0.29, 0.717) is 0 Å². The Bertz CT molecular complexity index is 139. The summed E-state index contributed by atoms with van der Waals surface area (Å²) < 4.78 is 4.59. The van der Waals surface area contributed by atoms with Crippen LogP contribution in [0.5, 0.6) is 0 Å². The summed E-state index contributed by atoms with van der Waals surface area (Å²) in [5.41, 5.74) is 5.33. The number of aliphatic hydroxyl groups excluding tert-OH is 2. The van der Waals surface area contributed by atoms with Gasteiger partial charge in [-0.05, 0) is 6.92 Å². The van der Waals surface area contributed by atoms with Gasteiger partial charge in [0.2, 0.25) is 0 Å². The fraction of sp³-hybridized carbons (Fsp3) is 0.857. The quantitative estimate of drug-likeness (QED) is 0.450. The van der Waals surface area contributed by atoms with Crippen molar-refractivity contribution >= 4 is 5.97 Å². The molecule has 0 aromatic rings. The minimum absolute atomic E-state index is 0.0231. The molecule has 0 aromatic carbocycles. The van der Waals surface area contributed by atoms with E-state index in [1.807, 2.05) is 0 Å². The number of carbonyl (C=O) groups is 1. The van der Waals surface area contributed by atoms with Crippen molar-refractivity contribution in [1.82, 2.24) is 0 Å². The van der Waals surface area contributed by atoms with Gasteiger partial charge in [-0.3, -0.25) is 4.79 Å². The predicted octanol–water partition coefficient (Wildman–Crippen LogP) is -1.38. The number of hydrogen-bond donors (Lipinski definition) is 3. The standard InChI is InChI=1S/C7H15NO4/c1-2-12-7(11)6(8)3-5(10)4-9/h5-6,9-10H,2-4,8H2,1H3. The first-order chi connectivity index (χ1) is 5.61. The van der Waals surface area contributed by atoms with Crippen LogP contribution in [0.3, 0.4) is 0 Å². The maximum absolute atomic E-state index is 10.9. The number of esters is 1. The zero-order chi connectivity index (χ0) is 9.56. The van der Waals surface area contributed by atoms with Crippen LogP contribution in [0.25, 0.3) is 0 Å². The highest BCUT2D eigenvalue weighted by molar-refractivity contribution is 5.75. The lowest BCUT2D eigenvalue weighted by atomic mass is 10.1. The second-order valence-corrected chi connectivity index (χ2v) is 2.43. The van der Waals surface area contributed by atoms with Gasteiger partial charge in [0.1, 0.15) is 6.04 Å². The molecule has 0 aliphatic heterocycles. The number of ether oxygens (including phenoxy) is 1. The monoisotopic (exact) mass is 177 g/mol. The minimum atomic E-state index is -0.954. The van der Waals surface area contributed by atoms with Crippen molar-refractivity contribution in [2.24, 2.45) is 5.73 Å². The molecule has 0 aliphatic carbocycles. The van der Waals surface area contributed by atoms with Gasteiger partial charge in [0, 0.05) is 6.42 Å². The van der Waals surface area contributed by atoms with Crippen molar-refractivity contribution in [2.75, 3.05) is 13.2 Å². The number of nitrogens with two attached hydrogens (primary N) is 1. The second kappa shape index (κ2) is 5.93. The van der Waals surface area contributed by atoms with Crippen molar-refractivity contribution < 1.29 is 19.7 Å². The Hall–Kier alpha value is -0.650. The molecule has 0 bridgehead atoms. The summed E-state index contributed by atoms with van der Waals surface area (Å²) in [5.74, 6) is -0.551. The highest BCUT2D eigenvalue weighted by atomic mass is 16.5. The molecule has 72 valence electrons. The van der Waals surface area contributed by atoms with Crippen LogP contribution in [-0.4, -0.2) is 41.5 Å². The molecule has 0 spiro atoms. The molecule has 5 nitrogen and oxygen atoms in total. The van der Waals surface area contributed by atoms with Gasteiger partial charge in [0.15, 0.2) is 0 Å². The molecule has 0 rings (SSSR count). The van der Waals surface area contributed by atoms with Crippen LogP contribution in [0, 0.1) is 0 Å². The zero-order valence-corrected chi connectivity index (χ0v) is 7.06. The van der Waals surface area contributed by atoms with E-state index in [1.54, 1.807) is 6.92 Å². The average Bonchev–Trinajstić information content (AvgIpc) is 2.04. The molecule has 0 aromatic heterocycles. The summed E-state index contributed by atoms with van der Waals surface area (Å²) in [5, 5.41) is 17.3. The number of hydrogen-bond acceptors (Lipinski definition) is 5. The normalized spacial score (nSPS) is 15.3. The fourth-order valence-corrected chi connectivity index (χ4v) is 0.713.